The fourth-order valence-corrected chi connectivity index (χ4v) is 2.80. The van der Waals surface area contributed by atoms with Gasteiger partial charge in [-0.25, -0.2) is 0 Å². The fourth-order valence-electron chi connectivity index (χ4n) is 2.80. The normalized spacial score (nSPS) is 16.2. The minimum atomic E-state index is 0.145. The first-order valence-corrected chi connectivity index (χ1v) is 6.67. The summed E-state index contributed by atoms with van der Waals surface area (Å²) in [5, 5.41) is 4.28. The Balaban J connectivity index is 1.70. The zero-order chi connectivity index (χ0) is 12.4. The van der Waals surface area contributed by atoms with Crippen molar-refractivity contribution in [2.75, 3.05) is 0 Å². The predicted octanol–water partition coefficient (Wildman–Crippen LogP) is 2.77. The number of carbonyl (C=O) groups excluding carboxylic acids is 1. The zero-order valence-electron chi connectivity index (χ0n) is 10.4. The Hall–Kier alpha value is -1.77. The second-order valence-electron chi connectivity index (χ2n) is 5.09. The van der Waals surface area contributed by atoms with Crippen LogP contribution in [0.25, 0.3) is 10.9 Å². The monoisotopic (exact) mass is 242 g/mol. The Morgan fingerprint density at radius 2 is 2.06 bits per heavy atom. The van der Waals surface area contributed by atoms with E-state index in [-0.39, 0.29) is 5.91 Å². The number of para-hydroxylation sites is 1. The first-order chi connectivity index (χ1) is 8.83. The second-order valence-corrected chi connectivity index (χ2v) is 5.09. The van der Waals surface area contributed by atoms with Crippen molar-refractivity contribution in [3.05, 3.63) is 36.0 Å². The van der Waals surface area contributed by atoms with Gasteiger partial charge < -0.3 is 10.3 Å². The average Bonchev–Trinajstić information content (AvgIpc) is 3.00. The molecule has 18 heavy (non-hydrogen) atoms. The lowest BCUT2D eigenvalue weighted by atomic mass is 10.1. The molecule has 0 saturated heterocycles. The average molecular weight is 242 g/mol. The minimum absolute atomic E-state index is 0.145. The number of fused-ring (bicyclic) bond motifs is 1. The quantitative estimate of drug-likeness (QED) is 0.854. The van der Waals surface area contributed by atoms with Crippen LogP contribution in [0.15, 0.2) is 30.5 Å². The van der Waals surface area contributed by atoms with Crippen LogP contribution in [0, 0.1) is 0 Å². The molecule has 3 nitrogen and oxygen atoms in total. The Kier molecular flexibility index (Phi) is 3.05. The number of rotatable bonds is 3. The molecule has 0 aliphatic heterocycles. The Morgan fingerprint density at radius 1 is 1.28 bits per heavy atom. The van der Waals surface area contributed by atoms with Crippen molar-refractivity contribution < 1.29 is 4.79 Å². The molecule has 0 unspecified atom stereocenters. The number of hydrogen-bond acceptors (Lipinski definition) is 1. The van der Waals surface area contributed by atoms with Gasteiger partial charge in [0, 0.05) is 23.1 Å². The van der Waals surface area contributed by atoms with Gasteiger partial charge >= 0.3 is 0 Å². The lowest BCUT2D eigenvalue weighted by Gasteiger charge is -2.11. The van der Waals surface area contributed by atoms with E-state index in [2.05, 4.69) is 16.4 Å². The van der Waals surface area contributed by atoms with E-state index in [1.54, 1.807) is 0 Å². The van der Waals surface area contributed by atoms with E-state index < -0.39 is 0 Å². The molecule has 2 N–H and O–H groups in total. The number of aromatic amines is 1. The van der Waals surface area contributed by atoms with Gasteiger partial charge in [0.25, 0.3) is 0 Å². The van der Waals surface area contributed by atoms with Gasteiger partial charge in [-0.1, -0.05) is 31.0 Å². The van der Waals surface area contributed by atoms with Gasteiger partial charge in [-0.2, -0.15) is 0 Å². The highest BCUT2D eigenvalue weighted by Crippen LogP contribution is 2.20. The summed E-state index contributed by atoms with van der Waals surface area (Å²) in [4.78, 5) is 15.2. The van der Waals surface area contributed by atoms with Gasteiger partial charge in [-0.3, -0.25) is 4.79 Å². The maximum atomic E-state index is 12.0. The largest absolute Gasteiger partial charge is 0.361 e. The molecule has 1 heterocycles. The van der Waals surface area contributed by atoms with E-state index in [1.165, 1.54) is 12.8 Å². The van der Waals surface area contributed by atoms with E-state index in [4.69, 9.17) is 0 Å². The molecule has 0 radical (unpaired) electrons. The first kappa shape index (κ1) is 11.3. The van der Waals surface area contributed by atoms with Crippen LogP contribution in [0.1, 0.15) is 31.2 Å². The third-order valence-corrected chi connectivity index (χ3v) is 3.75. The molecule has 1 aliphatic carbocycles. The summed E-state index contributed by atoms with van der Waals surface area (Å²) in [6.07, 6.45) is 7.19. The topological polar surface area (TPSA) is 44.9 Å². The van der Waals surface area contributed by atoms with Crippen molar-refractivity contribution in [3.63, 3.8) is 0 Å². The third-order valence-electron chi connectivity index (χ3n) is 3.75. The van der Waals surface area contributed by atoms with Crippen LogP contribution in [-0.2, 0) is 11.2 Å². The highest BCUT2D eigenvalue weighted by Gasteiger charge is 2.17. The number of aromatic nitrogens is 1. The summed E-state index contributed by atoms with van der Waals surface area (Å²) < 4.78 is 0. The molecular formula is C15H18N2O. The van der Waals surface area contributed by atoms with Crippen LogP contribution in [0.3, 0.4) is 0 Å². The van der Waals surface area contributed by atoms with Gasteiger partial charge in [-0.15, -0.1) is 0 Å². The van der Waals surface area contributed by atoms with Gasteiger partial charge in [0.1, 0.15) is 0 Å². The molecule has 0 atom stereocenters. The molecule has 0 spiro atoms. The number of carbonyl (C=O) groups is 1. The van der Waals surface area contributed by atoms with E-state index in [1.807, 2.05) is 24.4 Å². The number of hydrogen-bond donors (Lipinski definition) is 2. The smallest absolute Gasteiger partial charge is 0.224 e. The molecule has 1 saturated carbocycles. The van der Waals surface area contributed by atoms with Crippen LogP contribution in [0.4, 0.5) is 0 Å². The molecule has 1 amide bonds. The Morgan fingerprint density at radius 3 is 2.89 bits per heavy atom. The number of benzene rings is 1. The van der Waals surface area contributed by atoms with E-state index in [0.29, 0.717) is 12.5 Å². The van der Waals surface area contributed by atoms with Crippen LogP contribution in [0.2, 0.25) is 0 Å². The van der Waals surface area contributed by atoms with Crippen molar-refractivity contribution in [1.82, 2.24) is 10.3 Å². The molecule has 1 aromatic heterocycles. The molecule has 1 aliphatic rings. The summed E-state index contributed by atoms with van der Waals surface area (Å²) in [6, 6.07) is 8.51. The molecule has 0 bridgehead atoms. The molecule has 1 fully saturated rings. The van der Waals surface area contributed by atoms with Crippen LogP contribution >= 0.6 is 0 Å². The summed E-state index contributed by atoms with van der Waals surface area (Å²) >= 11 is 0. The van der Waals surface area contributed by atoms with Crippen LogP contribution in [-0.4, -0.2) is 16.9 Å². The molecule has 94 valence electrons. The Labute approximate surface area is 107 Å². The molecule has 2 aromatic rings. The predicted molar refractivity (Wildman–Crippen MR) is 72.4 cm³/mol. The highest BCUT2D eigenvalue weighted by molar-refractivity contribution is 5.88. The zero-order valence-corrected chi connectivity index (χ0v) is 10.4. The van der Waals surface area contributed by atoms with E-state index >= 15 is 0 Å². The number of H-pyrrole nitrogens is 1. The third kappa shape index (κ3) is 2.26. The summed E-state index contributed by atoms with van der Waals surface area (Å²) in [7, 11) is 0. The van der Waals surface area contributed by atoms with Crippen molar-refractivity contribution in [2.45, 2.75) is 38.1 Å². The van der Waals surface area contributed by atoms with E-state index in [9.17, 15) is 4.79 Å². The molecule has 3 heteroatoms. The van der Waals surface area contributed by atoms with Gasteiger partial charge in [0.15, 0.2) is 0 Å². The standard InChI is InChI=1S/C15H18N2O/c18-15(17-12-5-1-2-6-12)9-11-10-16-14-8-4-3-7-13(11)14/h3-4,7-8,10,12,16H,1-2,5-6,9H2,(H,17,18). The van der Waals surface area contributed by atoms with Crippen molar-refractivity contribution in [2.24, 2.45) is 0 Å². The summed E-state index contributed by atoms with van der Waals surface area (Å²) in [5.41, 5.74) is 2.18. The molecule has 3 rings (SSSR count). The highest BCUT2D eigenvalue weighted by atomic mass is 16.1. The maximum Gasteiger partial charge on any atom is 0.224 e. The van der Waals surface area contributed by atoms with Gasteiger partial charge in [0.05, 0.1) is 6.42 Å². The molecule has 1 aromatic carbocycles. The van der Waals surface area contributed by atoms with Crippen LogP contribution < -0.4 is 5.32 Å². The number of amides is 1. The summed E-state index contributed by atoms with van der Waals surface area (Å²) in [6.45, 7) is 0. The lowest BCUT2D eigenvalue weighted by Crippen LogP contribution is -2.33. The lowest BCUT2D eigenvalue weighted by molar-refractivity contribution is -0.121. The summed E-state index contributed by atoms with van der Waals surface area (Å²) in [5.74, 6) is 0.145. The SMILES string of the molecule is O=C(Cc1c[nH]c2ccccc12)NC1CCCC1. The van der Waals surface area contributed by atoms with Crippen molar-refractivity contribution in [3.8, 4) is 0 Å². The minimum Gasteiger partial charge on any atom is -0.361 e. The van der Waals surface area contributed by atoms with E-state index in [0.717, 1.165) is 29.3 Å². The fraction of sp³-hybridized carbons (Fsp3) is 0.400. The Bertz CT molecular complexity index is 552. The molecular weight excluding hydrogens is 224 g/mol. The van der Waals surface area contributed by atoms with Crippen molar-refractivity contribution in [1.29, 1.82) is 0 Å². The van der Waals surface area contributed by atoms with Gasteiger partial charge in [-0.05, 0) is 24.5 Å². The number of nitrogens with one attached hydrogen (secondary N) is 2. The van der Waals surface area contributed by atoms with Crippen LogP contribution in [0.5, 0.6) is 0 Å². The first-order valence-electron chi connectivity index (χ1n) is 6.67. The second kappa shape index (κ2) is 4.84. The van der Waals surface area contributed by atoms with Crippen molar-refractivity contribution >= 4 is 16.8 Å². The maximum absolute atomic E-state index is 12.0. The van der Waals surface area contributed by atoms with Gasteiger partial charge in [0.2, 0.25) is 5.91 Å².